The van der Waals surface area contributed by atoms with Gasteiger partial charge in [0.05, 0.1) is 13.2 Å². The molecular weight excluding hydrogens is 248 g/mol. The molecule has 0 spiro atoms. The van der Waals surface area contributed by atoms with Crippen molar-refractivity contribution in [3.63, 3.8) is 0 Å². The Morgan fingerprint density at radius 2 is 1.65 bits per heavy atom. The van der Waals surface area contributed by atoms with E-state index in [1.165, 1.54) is 0 Å². The smallest absolute Gasteiger partial charge is 0.123 e. The number of nitrogens with zero attached hydrogens (tertiary/aromatic N) is 2. The first kappa shape index (κ1) is 16.5. The molecule has 0 aliphatic heterocycles. The van der Waals surface area contributed by atoms with Crippen molar-refractivity contribution in [3.05, 3.63) is 29.8 Å². The third-order valence-electron chi connectivity index (χ3n) is 3.52. The number of hydrogen-bond acceptors (Lipinski definition) is 3. The molecule has 1 aromatic rings. The van der Waals surface area contributed by atoms with Gasteiger partial charge in [-0.3, -0.25) is 4.90 Å². The van der Waals surface area contributed by atoms with E-state index < -0.39 is 0 Å². The van der Waals surface area contributed by atoms with Gasteiger partial charge in [0.15, 0.2) is 0 Å². The molecule has 1 rings (SSSR count). The highest BCUT2D eigenvalue weighted by Crippen LogP contribution is 2.23. The van der Waals surface area contributed by atoms with Crippen LogP contribution in [0.5, 0.6) is 5.75 Å². The van der Waals surface area contributed by atoms with E-state index in [1.807, 2.05) is 24.3 Å². The number of hydrogen-bond donors (Lipinski definition) is 0. The Hall–Kier alpha value is -1.53. The van der Waals surface area contributed by atoms with Gasteiger partial charge in [-0.15, -0.1) is 0 Å². The lowest BCUT2D eigenvalue weighted by molar-refractivity contribution is 0.228. The average Bonchev–Trinajstić information content (AvgIpc) is 2.50. The molecule has 0 fully saturated rings. The van der Waals surface area contributed by atoms with E-state index in [0.717, 1.165) is 50.1 Å². The topological polar surface area (TPSA) is 36.3 Å². The van der Waals surface area contributed by atoms with Crippen molar-refractivity contribution in [2.24, 2.45) is 0 Å². The summed E-state index contributed by atoms with van der Waals surface area (Å²) in [5.41, 5.74) is 1.06. The summed E-state index contributed by atoms with van der Waals surface area (Å²) >= 11 is 0. The van der Waals surface area contributed by atoms with Gasteiger partial charge in [-0.25, -0.2) is 0 Å². The maximum atomic E-state index is 9.55. The number of benzene rings is 1. The highest BCUT2D eigenvalue weighted by atomic mass is 16.5. The number of methoxy groups -OCH3 is 1. The molecular formula is C17H26N2O. The number of unbranched alkanes of at least 4 members (excludes halogenated alkanes) is 2. The monoisotopic (exact) mass is 274 g/mol. The number of ether oxygens (including phenoxy) is 1. The summed E-state index contributed by atoms with van der Waals surface area (Å²) in [6, 6.07) is 10.2. The summed E-state index contributed by atoms with van der Waals surface area (Å²) in [6.45, 7) is 6.35. The fraction of sp³-hybridized carbons (Fsp3) is 0.588. The predicted molar refractivity (Wildman–Crippen MR) is 82.7 cm³/mol. The molecule has 1 aromatic carbocycles. The summed E-state index contributed by atoms with van der Waals surface area (Å²) in [7, 11) is 1.66. The zero-order valence-corrected chi connectivity index (χ0v) is 12.9. The van der Waals surface area contributed by atoms with Gasteiger partial charge < -0.3 is 4.74 Å². The maximum Gasteiger partial charge on any atom is 0.123 e. The lowest BCUT2D eigenvalue weighted by Crippen LogP contribution is -2.30. The van der Waals surface area contributed by atoms with Gasteiger partial charge in [-0.1, -0.05) is 38.8 Å². The summed E-state index contributed by atoms with van der Waals surface area (Å²) in [4.78, 5) is 2.30. The molecule has 0 aliphatic rings. The van der Waals surface area contributed by atoms with Crippen LogP contribution in [0.15, 0.2) is 24.3 Å². The van der Waals surface area contributed by atoms with Crippen LogP contribution in [-0.4, -0.2) is 25.1 Å². The van der Waals surface area contributed by atoms with E-state index in [4.69, 9.17) is 4.74 Å². The zero-order chi connectivity index (χ0) is 14.8. The second-order valence-corrected chi connectivity index (χ2v) is 5.05. The van der Waals surface area contributed by atoms with Gasteiger partial charge in [0.2, 0.25) is 0 Å². The Morgan fingerprint density at radius 3 is 2.05 bits per heavy atom. The van der Waals surface area contributed by atoms with Crippen LogP contribution >= 0.6 is 0 Å². The molecule has 0 aliphatic carbocycles. The largest absolute Gasteiger partial charge is 0.497 e. The molecule has 0 amide bonds. The minimum Gasteiger partial charge on any atom is -0.497 e. The molecule has 0 N–H and O–H groups in total. The van der Waals surface area contributed by atoms with Crippen LogP contribution in [0.3, 0.4) is 0 Å². The minimum atomic E-state index is -0.154. The first-order chi connectivity index (χ1) is 9.76. The summed E-state index contributed by atoms with van der Waals surface area (Å²) in [6.07, 6.45) is 4.59. The van der Waals surface area contributed by atoms with Gasteiger partial charge in [0.25, 0.3) is 0 Å². The summed E-state index contributed by atoms with van der Waals surface area (Å²) in [5.74, 6) is 0.833. The van der Waals surface area contributed by atoms with Crippen LogP contribution in [0.2, 0.25) is 0 Å². The van der Waals surface area contributed by atoms with Crippen LogP contribution in [0.1, 0.15) is 51.1 Å². The standard InChI is InChI=1S/C17H26N2O/c1-4-6-12-19(13-7-5-2)17(14-18)15-8-10-16(20-3)11-9-15/h8-11,17H,4-7,12-13H2,1-3H3. The number of rotatable bonds is 9. The Morgan fingerprint density at radius 1 is 1.10 bits per heavy atom. The third kappa shape index (κ3) is 4.86. The van der Waals surface area contributed by atoms with Crippen molar-refractivity contribution in [2.45, 2.75) is 45.6 Å². The highest BCUT2D eigenvalue weighted by molar-refractivity contribution is 5.31. The first-order valence-corrected chi connectivity index (χ1v) is 7.54. The van der Waals surface area contributed by atoms with E-state index in [2.05, 4.69) is 24.8 Å². The van der Waals surface area contributed by atoms with E-state index in [9.17, 15) is 5.26 Å². The normalized spacial score (nSPS) is 12.2. The Balaban J connectivity index is 2.83. The Kier molecular flexibility index (Phi) is 7.75. The van der Waals surface area contributed by atoms with Gasteiger partial charge in [-0.2, -0.15) is 5.26 Å². The van der Waals surface area contributed by atoms with Crippen LogP contribution in [0.4, 0.5) is 0 Å². The molecule has 110 valence electrons. The Bertz CT molecular complexity index is 400. The number of nitriles is 1. The molecule has 0 heterocycles. The molecule has 0 saturated carbocycles. The van der Waals surface area contributed by atoms with E-state index in [0.29, 0.717) is 0 Å². The van der Waals surface area contributed by atoms with E-state index in [-0.39, 0.29) is 6.04 Å². The highest BCUT2D eigenvalue weighted by Gasteiger charge is 2.19. The molecule has 0 saturated heterocycles. The van der Waals surface area contributed by atoms with Crippen LogP contribution in [0, 0.1) is 11.3 Å². The molecule has 20 heavy (non-hydrogen) atoms. The van der Waals surface area contributed by atoms with Crippen molar-refractivity contribution >= 4 is 0 Å². The van der Waals surface area contributed by atoms with Crippen molar-refractivity contribution in [2.75, 3.05) is 20.2 Å². The lowest BCUT2D eigenvalue weighted by atomic mass is 10.1. The van der Waals surface area contributed by atoms with Gasteiger partial charge in [0, 0.05) is 0 Å². The van der Waals surface area contributed by atoms with Crippen molar-refractivity contribution < 1.29 is 4.74 Å². The third-order valence-corrected chi connectivity index (χ3v) is 3.52. The SMILES string of the molecule is CCCCN(CCCC)C(C#N)c1ccc(OC)cc1. The summed E-state index contributed by atoms with van der Waals surface area (Å²) < 4.78 is 5.18. The molecule has 1 unspecified atom stereocenters. The minimum absolute atomic E-state index is 0.154. The second-order valence-electron chi connectivity index (χ2n) is 5.05. The lowest BCUT2D eigenvalue weighted by Gasteiger charge is -2.27. The average molecular weight is 274 g/mol. The molecule has 0 radical (unpaired) electrons. The molecule has 3 nitrogen and oxygen atoms in total. The predicted octanol–water partition coefficient (Wildman–Crippen LogP) is 4.16. The van der Waals surface area contributed by atoms with Crippen LogP contribution in [0.25, 0.3) is 0 Å². The fourth-order valence-corrected chi connectivity index (χ4v) is 2.25. The molecule has 3 heteroatoms. The quantitative estimate of drug-likeness (QED) is 0.678. The first-order valence-electron chi connectivity index (χ1n) is 7.54. The fourth-order valence-electron chi connectivity index (χ4n) is 2.25. The van der Waals surface area contributed by atoms with Crippen molar-refractivity contribution in [3.8, 4) is 11.8 Å². The molecule has 1 atom stereocenters. The van der Waals surface area contributed by atoms with E-state index >= 15 is 0 Å². The van der Waals surface area contributed by atoms with Crippen LogP contribution < -0.4 is 4.74 Å². The van der Waals surface area contributed by atoms with E-state index in [1.54, 1.807) is 7.11 Å². The van der Waals surface area contributed by atoms with Gasteiger partial charge in [0.1, 0.15) is 11.8 Å². The summed E-state index contributed by atoms with van der Waals surface area (Å²) in [5, 5.41) is 9.55. The van der Waals surface area contributed by atoms with Gasteiger partial charge in [-0.05, 0) is 43.6 Å². The van der Waals surface area contributed by atoms with Gasteiger partial charge >= 0.3 is 0 Å². The molecule has 0 bridgehead atoms. The molecule has 0 aromatic heterocycles. The maximum absolute atomic E-state index is 9.55. The zero-order valence-electron chi connectivity index (χ0n) is 12.9. The second kappa shape index (κ2) is 9.39. The van der Waals surface area contributed by atoms with Crippen molar-refractivity contribution in [1.82, 2.24) is 4.90 Å². The van der Waals surface area contributed by atoms with Crippen LogP contribution in [-0.2, 0) is 0 Å². The van der Waals surface area contributed by atoms with Crippen molar-refractivity contribution in [1.29, 1.82) is 5.26 Å². The Labute approximate surface area is 123 Å².